The Morgan fingerprint density at radius 2 is 1.88 bits per heavy atom. The molecular weight excluding hydrogens is 425 g/mol. The van der Waals surface area contributed by atoms with Crippen LogP contribution in [0.25, 0.3) is 0 Å². The molecule has 0 atom stereocenters. The van der Waals surface area contributed by atoms with Crippen LogP contribution >= 0.6 is 24.0 Å². The maximum atomic E-state index is 5.96. The zero-order chi connectivity index (χ0) is 16.8. The van der Waals surface area contributed by atoms with Crippen LogP contribution in [0.3, 0.4) is 0 Å². The number of hydrogen-bond donors (Lipinski definition) is 2. The van der Waals surface area contributed by atoms with E-state index in [1.807, 2.05) is 47.3 Å². The highest BCUT2D eigenvalue weighted by molar-refractivity contribution is 14.0. The Morgan fingerprint density at radius 3 is 2.60 bits per heavy atom. The number of benzene rings is 2. The number of nitrogens with two attached hydrogens (primary N) is 1. The summed E-state index contributed by atoms with van der Waals surface area (Å²) < 4.78 is 1.90. The summed E-state index contributed by atoms with van der Waals surface area (Å²) in [6, 6.07) is 18.3. The first-order valence-electron chi connectivity index (χ1n) is 7.88. The number of halogens is 1. The standard InChI is InChI=1S/C19H21N5.HI/c1-15-6-8-18(9-7-15)23-19(20)21-13-16-4-2-5-17(12-16)14-24-11-3-10-22-24;/h2-12H,13-14H2,1H3,(H3,20,21,23);1H. The van der Waals surface area contributed by atoms with E-state index in [0.717, 1.165) is 17.8 Å². The molecular formula is C19H22IN5. The number of aryl methyl sites for hydroxylation is 1. The van der Waals surface area contributed by atoms with E-state index < -0.39 is 0 Å². The van der Waals surface area contributed by atoms with E-state index in [9.17, 15) is 0 Å². The van der Waals surface area contributed by atoms with Gasteiger partial charge in [-0.3, -0.25) is 4.68 Å². The van der Waals surface area contributed by atoms with Crippen molar-refractivity contribution in [1.82, 2.24) is 9.78 Å². The molecule has 25 heavy (non-hydrogen) atoms. The first kappa shape index (κ1) is 19.0. The van der Waals surface area contributed by atoms with Crippen molar-refractivity contribution in [3.63, 3.8) is 0 Å². The Morgan fingerprint density at radius 1 is 1.12 bits per heavy atom. The number of nitrogens with one attached hydrogen (secondary N) is 1. The molecule has 130 valence electrons. The number of aliphatic imine (C=N–C) groups is 1. The van der Waals surface area contributed by atoms with Gasteiger partial charge in [0.25, 0.3) is 0 Å². The third-order valence-corrected chi connectivity index (χ3v) is 3.65. The molecule has 0 aliphatic heterocycles. The van der Waals surface area contributed by atoms with Gasteiger partial charge in [0.2, 0.25) is 0 Å². The van der Waals surface area contributed by atoms with Gasteiger partial charge in [0, 0.05) is 18.1 Å². The Labute approximate surface area is 165 Å². The second-order valence-corrected chi connectivity index (χ2v) is 5.72. The predicted octanol–water partition coefficient (Wildman–Crippen LogP) is 3.78. The molecule has 3 aromatic rings. The molecule has 1 aromatic heterocycles. The minimum Gasteiger partial charge on any atom is -0.370 e. The molecule has 0 saturated heterocycles. The van der Waals surface area contributed by atoms with Crippen LogP contribution in [0.4, 0.5) is 5.69 Å². The summed E-state index contributed by atoms with van der Waals surface area (Å²) in [5.74, 6) is 0.413. The van der Waals surface area contributed by atoms with Crippen molar-refractivity contribution in [3.05, 3.63) is 83.7 Å². The average molecular weight is 447 g/mol. The topological polar surface area (TPSA) is 68.2 Å². The van der Waals surface area contributed by atoms with Crippen LogP contribution in [0.2, 0.25) is 0 Å². The summed E-state index contributed by atoms with van der Waals surface area (Å²) in [6.45, 7) is 3.34. The zero-order valence-corrected chi connectivity index (χ0v) is 16.4. The van der Waals surface area contributed by atoms with Gasteiger partial charge in [-0.2, -0.15) is 5.10 Å². The lowest BCUT2D eigenvalue weighted by atomic mass is 10.1. The quantitative estimate of drug-likeness (QED) is 0.356. The number of guanidine groups is 1. The van der Waals surface area contributed by atoms with E-state index in [2.05, 4.69) is 40.5 Å². The maximum absolute atomic E-state index is 5.96. The molecule has 1 heterocycles. The molecule has 0 fully saturated rings. The van der Waals surface area contributed by atoms with Crippen LogP contribution in [0.1, 0.15) is 16.7 Å². The van der Waals surface area contributed by atoms with Gasteiger partial charge in [0.05, 0.1) is 13.1 Å². The Hall–Kier alpha value is -2.35. The van der Waals surface area contributed by atoms with Gasteiger partial charge in [-0.1, -0.05) is 42.0 Å². The summed E-state index contributed by atoms with van der Waals surface area (Å²) in [4.78, 5) is 4.41. The van der Waals surface area contributed by atoms with Crippen LogP contribution in [0.15, 0.2) is 72.0 Å². The third-order valence-electron chi connectivity index (χ3n) is 3.65. The van der Waals surface area contributed by atoms with Crippen molar-refractivity contribution in [2.45, 2.75) is 20.0 Å². The largest absolute Gasteiger partial charge is 0.370 e. The lowest BCUT2D eigenvalue weighted by Gasteiger charge is -2.07. The lowest BCUT2D eigenvalue weighted by Crippen LogP contribution is -2.22. The van der Waals surface area contributed by atoms with Crippen molar-refractivity contribution >= 4 is 35.6 Å². The molecule has 0 bridgehead atoms. The van der Waals surface area contributed by atoms with Crippen LogP contribution in [0, 0.1) is 6.92 Å². The molecule has 0 saturated carbocycles. The Kier molecular flexibility index (Phi) is 7.00. The highest BCUT2D eigenvalue weighted by Gasteiger charge is 1.99. The molecule has 0 spiro atoms. The molecule has 2 aromatic carbocycles. The van der Waals surface area contributed by atoms with E-state index in [1.165, 1.54) is 11.1 Å². The summed E-state index contributed by atoms with van der Waals surface area (Å²) in [6.07, 6.45) is 3.74. The van der Waals surface area contributed by atoms with E-state index >= 15 is 0 Å². The molecule has 0 unspecified atom stereocenters. The van der Waals surface area contributed by atoms with E-state index in [1.54, 1.807) is 6.20 Å². The van der Waals surface area contributed by atoms with Gasteiger partial charge >= 0.3 is 0 Å². The fourth-order valence-electron chi connectivity index (χ4n) is 2.41. The molecule has 0 radical (unpaired) electrons. The lowest BCUT2D eigenvalue weighted by molar-refractivity contribution is 0.686. The highest BCUT2D eigenvalue weighted by Crippen LogP contribution is 2.10. The number of rotatable bonds is 5. The number of anilines is 1. The molecule has 0 aliphatic carbocycles. The van der Waals surface area contributed by atoms with Crippen molar-refractivity contribution in [1.29, 1.82) is 0 Å². The summed E-state index contributed by atoms with van der Waals surface area (Å²) in [5.41, 5.74) is 10.4. The van der Waals surface area contributed by atoms with Gasteiger partial charge < -0.3 is 11.1 Å². The molecule has 3 N–H and O–H groups in total. The minimum absolute atomic E-state index is 0. The maximum Gasteiger partial charge on any atom is 0.193 e. The first-order valence-corrected chi connectivity index (χ1v) is 7.88. The van der Waals surface area contributed by atoms with Crippen LogP contribution < -0.4 is 11.1 Å². The van der Waals surface area contributed by atoms with Crippen LogP contribution in [-0.4, -0.2) is 15.7 Å². The fraction of sp³-hybridized carbons (Fsp3) is 0.158. The second kappa shape index (κ2) is 9.22. The summed E-state index contributed by atoms with van der Waals surface area (Å²) >= 11 is 0. The molecule has 0 aliphatic rings. The van der Waals surface area contributed by atoms with Gasteiger partial charge in [-0.15, -0.1) is 24.0 Å². The van der Waals surface area contributed by atoms with E-state index in [0.29, 0.717) is 12.5 Å². The molecule has 3 rings (SSSR count). The smallest absolute Gasteiger partial charge is 0.193 e. The fourth-order valence-corrected chi connectivity index (χ4v) is 2.41. The summed E-state index contributed by atoms with van der Waals surface area (Å²) in [5, 5.41) is 7.33. The highest BCUT2D eigenvalue weighted by atomic mass is 127. The Balaban J connectivity index is 0.00000225. The van der Waals surface area contributed by atoms with Crippen molar-refractivity contribution in [2.24, 2.45) is 10.7 Å². The number of nitrogens with zero attached hydrogens (tertiary/aromatic N) is 3. The van der Waals surface area contributed by atoms with Crippen molar-refractivity contribution < 1.29 is 0 Å². The van der Waals surface area contributed by atoms with Gasteiger partial charge in [0.15, 0.2) is 5.96 Å². The normalized spacial score (nSPS) is 11.0. The van der Waals surface area contributed by atoms with Crippen molar-refractivity contribution in [2.75, 3.05) is 5.32 Å². The predicted molar refractivity (Wildman–Crippen MR) is 113 cm³/mol. The van der Waals surface area contributed by atoms with Gasteiger partial charge in [0.1, 0.15) is 0 Å². The van der Waals surface area contributed by atoms with Crippen LogP contribution in [0.5, 0.6) is 0 Å². The molecule has 6 heteroatoms. The third kappa shape index (κ3) is 5.90. The second-order valence-electron chi connectivity index (χ2n) is 5.72. The minimum atomic E-state index is 0. The monoisotopic (exact) mass is 447 g/mol. The Bertz CT molecular complexity index is 810. The number of hydrogen-bond acceptors (Lipinski definition) is 2. The number of aromatic nitrogens is 2. The van der Waals surface area contributed by atoms with Gasteiger partial charge in [-0.25, -0.2) is 4.99 Å². The molecule has 0 amide bonds. The van der Waals surface area contributed by atoms with Gasteiger partial charge in [-0.05, 0) is 36.2 Å². The van der Waals surface area contributed by atoms with Crippen molar-refractivity contribution in [3.8, 4) is 0 Å². The van der Waals surface area contributed by atoms with E-state index in [-0.39, 0.29) is 24.0 Å². The average Bonchev–Trinajstić information content (AvgIpc) is 3.08. The molecule has 5 nitrogen and oxygen atoms in total. The van der Waals surface area contributed by atoms with E-state index in [4.69, 9.17) is 5.73 Å². The zero-order valence-electron chi connectivity index (χ0n) is 14.1. The summed E-state index contributed by atoms with van der Waals surface area (Å²) in [7, 11) is 0. The first-order chi connectivity index (χ1) is 11.7. The SMILES string of the molecule is Cc1ccc(NC(N)=NCc2cccc(Cn3cccn3)c2)cc1.I. The van der Waals surface area contributed by atoms with Crippen LogP contribution in [-0.2, 0) is 13.1 Å².